The summed E-state index contributed by atoms with van der Waals surface area (Å²) in [5.74, 6) is 1.01. The largest absolute Gasteiger partial charge is 0.329 e. The summed E-state index contributed by atoms with van der Waals surface area (Å²) < 4.78 is 2.23. The van der Waals surface area contributed by atoms with Gasteiger partial charge in [-0.05, 0) is 43.6 Å². The molecule has 0 bridgehead atoms. The fraction of sp³-hybridized carbons (Fsp3) is 0.350. The highest BCUT2D eigenvalue weighted by atomic mass is 15.1. The third kappa shape index (κ3) is 2.95. The smallest absolute Gasteiger partial charge is 0.141 e. The molecule has 4 heteroatoms. The van der Waals surface area contributed by atoms with Crippen LogP contribution in [0.15, 0.2) is 48.5 Å². The lowest BCUT2D eigenvalue weighted by Gasteiger charge is -2.15. The first-order valence-electron chi connectivity index (χ1n) is 8.82. The van der Waals surface area contributed by atoms with Crippen molar-refractivity contribution in [2.24, 2.45) is 5.73 Å². The van der Waals surface area contributed by atoms with E-state index in [-0.39, 0.29) is 0 Å². The van der Waals surface area contributed by atoms with E-state index in [1.807, 2.05) is 6.07 Å². The van der Waals surface area contributed by atoms with Crippen molar-refractivity contribution in [3.05, 3.63) is 54.1 Å². The number of fused-ring (bicyclic) bond motifs is 1. The van der Waals surface area contributed by atoms with Gasteiger partial charge in [-0.3, -0.25) is 4.90 Å². The summed E-state index contributed by atoms with van der Waals surface area (Å²) in [6.45, 7) is 4.91. The van der Waals surface area contributed by atoms with Crippen LogP contribution in [0, 0.1) is 0 Å². The van der Waals surface area contributed by atoms with Crippen LogP contribution in [-0.4, -0.2) is 34.1 Å². The lowest BCUT2D eigenvalue weighted by molar-refractivity contribution is 0.331. The fourth-order valence-electron chi connectivity index (χ4n) is 3.61. The Morgan fingerprint density at radius 3 is 2.46 bits per heavy atom. The number of nitrogens with zero attached hydrogens (tertiary/aromatic N) is 3. The molecule has 4 nitrogen and oxygen atoms in total. The first kappa shape index (κ1) is 15.4. The SMILES string of the molecule is NCCn1c(-c2ccc(CN3CCCC3)cc2)nc2ccccc21. The summed E-state index contributed by atoms with van der Waals surface area (Å²) in [5.41, 5.74) is 10.5. The number of para-hydroxylation sites is 2. The fourth-order valence-corrected chi connectivity index (χ4v) is 3.61. The molecule has 0 radical (unpaired) electrons. The van der Waals surface area contributed by atoms with E-state index in [0.29, 0.717) is 6.54 Å². The van der Waals surface area contributed by atoms with Crippen molar-refractivity contribution < 1.29 is 0 Å². The number of aromatic nitrogens is 2. The predicted octanol–water partition coefficient (Wildman–Crippen LogP) is 3.26. The minimum atomic E-state index is 0.612. The molecule has 2 aromatic carbocycles. The summed E-state index contributed by atoms with van der Waals surface area (Å²) in [7, 11) is 0. The molecule has 0 amide bonds. The number of hydrogen-bond donors (Lipinski definition) is 1. The molecule has 2 N–H and O–H groups in total. The van der Waals surface area contributed by atoms with Gasteiger partial charge in [-0.15, -0.1) is 0 Å². The van der Waals surface area contributed by atoms with Gasteiger partial charge in [0, 0.05) is 25.2 Å². The quantitative estimate of drug-likeness (QED) is 0.785. The van der Waals surface area contributed by atoms with Crippen molar-refractivity contribution in [1.29, 1.82) is 0 Å². The zero-order valence-electron chi connectivity index (χ0n) is 14.0. The van der Waals surface area contributed by atoms with Crippen LogP contribution in [0.2, 0.25) is 0 Å². The van der Waals surface area contributed by atoms with Gasteiger partial charge >= 0.3 is 0 Å². The van der Waals surface area contributed by atoms with E-state index in [1.165, 1.54) is 31.5 Å². The summed E-state index contributed by atoms with van der Waals surface area (Å²) in [6, 6.07) is 17.1. The number of benzene rings is 2. The normalized spacial score (nSPS) is 15.4. The van der Waals surface area contributed by atoms with Crippen LogP contribution in [0.4, 0.5) is 0 Å². The lowest BCUT2D eigenvalue weighted by Crippen LogP contribution is -2.18. The number of hydrogen-bond acceptors (Lipinski definition) is 3. The Morgan fingerprint density at radius 2 is 1.71 bits per heavy atom. The zero-order valence-corrected chi connectivity index (χ0v) is 14.0. The molecule has 3 aromatic rings. The molecule has 0 unspecified atom stereocenters. The minimum Gasteiger partial charge on any atom is -0.329 e. The standard InChI is InChI=1S/C20H24N4/c21-11-14-24-19-6-2-1-5-18(19)22-20(24)17-9-7-16(8-10-17)15-23-12-3-4-13-23/h1-2,5-10H,3-4,11-15,21H2. The number of imidazole rings is 1. The van der Waals surface area contributed by atoms with Crippen LogP contribution in [0.25, 0.3) is 22.4 Å². The molecule has 4 rings (SSSR count). The van der Waals surface area contributed by atoms with Crippen LogP contribution in [0.1, 0.15) is 18.4 Å². The Labute approximate surface area is 142 Å². The van der Waals surface area contributed by atoms with Gasteiger partial charge in [0.1, 0.15) is 5.82 Å². The molecular weight excluding hydrogens is 296 g/mol. The molecule has 1 fully saturated rings. The van der Waals surface area contributed by atoms with Crippen LogP contribution in [-0.2, 0) is 13.1 Å². The molecule has 0 aliphatic carbocycles. The maximum atomic E-state index is 5.82. The van der Waals surface area contributed by atoms with Gasteiger partial charge in [0.2, 0.25) is 0 Å². The van der Waals surface area contributed by atoms with E-state index in [1.54, 1.807) is 0 Å². The first-order valence-corrected chi connectivity index (χ1v) is 8.82. The van der Waals surface area contributed by atoms with E-state index in [0.717, 1.165) is 35.5 Å². The summed E-state index contributed by atoms with van der Waals surface area (Å²) in [5, 5.41) is 0. The van der Waals surface area contributed by atoms with E-state index in [4.69, 9.17) is 10.7 Å². The molecule has 24 heavy (non-hydrogen) atoms. The highest BCUT2D eigenvalue weighted by Gasteiger charge is 2.14. The summed E-state index contributed by atoms with van der Waals surface area (Å²) in [4.78, 5) is 7.36. The monoisotopic (exact) mass is 320 g/mol. The Bertz CT molecular complexity index is 813. The topological polar surface area (TPSA) is 47.1 Å². The van der Waals surface area contributed by atoms with Crippen molar-refractivity contribution in [3.8, 4) is 11.4 Å². The molecule has 0 saturated carbocycles. The molecule has 124 valence electrons. The maximum absolute atomic E-state index is 5.82. The second-order valence-corrected chi connectivity index (χ2v) is 6.54. The van der Waals surface area contributed by atoms with Crippen LogP contribution >= 0.6 is 0 Å². The Kier molecular flexibility index (Phi) is 4.32. The summed E-state index contributed by atoms with van der Waals surface area (Å²) >= 11 is 0. The molecule has 1 aliphatic heterocycles. The molecular formula is C20H24N4. The average molecular weight is 320 g/mol. The van der Waals surface area contributed by atoms with Crippen molar-refractivity contribution in [3.63, 3.8) is 0 Å². The van der Waals surface area contributed by atoms with Crippen LogP contribution in [0.3, 0.4) is 0 Å². The molecule has 1 aliphatic rings. The molecule has 0 atom stereocenters. The first-order chi connectivity index (χ1) is 11.8. The Hall–Kier alpha value is -2.17. The van der Waals surface area contributed by atoms with Crippen molar-refractivity contribution >= 4 is 11.0 Å². The highest BCUT2D eigenvalue weighted by molar-refractivity contribution is 5.80. The van der Waals surface area contributed by atoms with E-state index >= 15 is 0 Å². The Balaban J connectivity index is 1.65. The van der Waals surface area contributed by atoms with Crippen molar-refractivity contribution in [1.82, 2.24) is 14.5 Å². The number of likely N-dealkylation sites (tertiary alicyclic amines) is 1. The maximum Gasteiger partial charge on any atom is 0.141 e. The molecule has 2 heterocycles. The van der Waals surface area contributed by atoms with Gasteiger partial charge in [-0.1, -0.05) is 36.4 Å². The third-order valence-electron chi connectivity index (χ3n) is 4.82. The lowest BCUT2D eigenvalue weighted by atomic mass is 10.1. The second-order valence-electron chi connectivity index (χ2n) is 6.54. The van der Waals surface area contributed by atoms with Gasteiger partial charge < -0.3 is 10.3 Å². The number of nitrogens with two attached hydrogens (primary N) is 1. The van der Waals surface area contributed by atoms with E-state index < -0.39 is 0 Å². The summed E-state index contributed by atoms with van der Waals surface area (Å²) in [6.07, 6.45) is 2.67. The predicted molar refractivity (Wildman–Crippen MR) is 98.7 cm³/mol. The highest BCUT2D eigenvalue weighted by Crippen LogP contribution is 2.25. The molecule has 1 aromatic heterocycles. The van der Waals surface area contributed by atoms with Gasteiger partial charge in [-0.2, -0.15) is 0 Å². The molecule has 0 spiro atoms. The van der Waals surface area contributed by atoms with Crippen LogP contribution in [0.5, 0.6) is 0 Å². The van der Waals surface area contributed by atoms with Crippen molar-refractivity contribution in [2.75, 3.05) is 19.6 Å². The van der Waals surface area contributed by atoms with Gasteiger partial charge in [0.25, 0.3) is 0 Å². The van der Waals surface area contributed by atoms with Crippen molar-refractivity contribution in [2.45, 2.75) is 25.9 Å². The average Bonchev–Trinajstić information content (AvgIpc) is 3.24. The molecule has 1 saturated heterocycles. The zero-order chi connectivity index (χ0) is 16.4. The second kappa shape index (κ2) is 6.75. The van der Waals surface area contributed by atoms with E-state index in [2.05, 4.69) is 51.9 Å². The third-order valence-corrected chi connectivity index (χ3v) is 4.82. The van der Waals surface area contributed by atoms with Crippen LogP contribution < -0.4 is 5.73 Å². The van der Waals surface area contributed by atoms with E-state index in [9.17, 15) is 0 Å². The number of rotatable bonds is 5. The van der Waals surface area contributed by atoms with Gasteiger partial charge in [0.15, 0.2) is 0 Å². The van der Waals surface area contributed by atoms with Gasteiger partial charge in [0.05, 0.1) is 11.0 Å². The minimum absolute atomic E-state index is 0.612. The Morgan fingerprint density at radius 1 is 0.958 bits per heavy atom. The van der Waals surface area contributed by atoms with Gasteiger partial charge in [-0.25, -0.2) is 4.98 Å².